The fourth-order valence-electron chi connectivity index (χ4n) is 2.72. The molecule has 0 bridgehead atoms. The van der Waals surface area contributed by atoms with Crippen molar-refractivity contribution < 1.29 is 17.6 Å². The molecular formula is C21H18N2O4S2. The highest BCUT2D eigenvalue weighted by molar-refractivity contribution is 7.91. The molecule has 0 unspecified atom stereocenters. The van der Waals surface area contributed by atoms with E-state index in [2.05, 4.69) is 10.3 Å². The van der Waals surface area contributed by atoms with Gasteiger partial charge in [0, 0.05) is 5.69 Å². The molecule has 4 rings (SSSR count). The lowest BCUT2D eigenvalue weighted by Crippen LogP contribution is -2.05. The number of nitrogens with zero attached hydrogens (tertiary/aromatic N) is 1. The third-order valence-electron chi connectivity index (χ3n) is 4.06. The van der Waals surface area contributed by atoms with Crippen molar-refractivity contribution in [3.05, 3.63) is 72.1 Å². The monoisotopic (exact) mass is 426 g/mol. The highest BCUT2D eigenvalue weighted by Crippen LogP contribution is 2.35. The summed E-state index contributed by atoms with van der Waals surface area (Å²) in [5.41, 5.74) is 0.659. The molecule has 2 aromatic heterocycles. The van der Waals surface area contributed by atoms with Gasteiger partial charge in [0.05, 0.1) is 16.4 Å². The summed E-state index contributed by atoms with van der Waals surface area (Å²) in [6.45, 7) is 2.48. The summed E-state index contributed by atoms with van der Waals surface area (Å²) in [7, 11) is -3.86. The van der Waals surface area contributed by atoms with Gasteiger partial charge in [-0.1, -0.05) is 24.3 Å². The number of hydrogen-bond acceptors (Lipinski definition) is 7. The van der Waals surface area contributed by atoms with Crippen LogP contribution in [0.4, 0.5) is 11.6 Å². The average molecular weight is 427 g/mol. The third-order valence-corrected chi connectivity index (χ3v) is 6.60. The van der Waals surface area contributed by atoms with Gasteiger partial charge in [0.2, 0.25) is 26.6 Å². The van der Waals surface area contributed by atoms with E-state index >= 15 is 0 Å². The zero-order chi connectivity index (χ0) is 20.3. The van der Waals surface area contributed by atoms with E-state index in [1.165, 1.54) is 23.5 Å². The summed E-state index contributed by atoms with van der Waals surface area (Å²) in [5.74, 6) is 1.05. The minimum atomic E-state index is -3.86. The molecule has 0 spiro atoms. The first kappa shape index (κ1) is 19.2. The van der Waals surface area contributed by atoms with E-state index in [0.29, 0.717) is 12.3 Å². The molecule has 0 aliphatic carbocycles. The zero-order valence-corrected chi connectivity index (χ0v) is 17.2. The van der Waals surface area contributed by atoms with Crippen LogP contribution >= 0.6 is 11.3 Å². The van der Waals surface area contributed by atoms with Gasteiger partial charge >= 0.3 is 0 Å². The number of anilines is 2. The molecule has 8 heteroatoms. The van der Waals surface area contributed by atoms with Gasteiger partial charge in [-0.15, -0.1) is 11.3 Å². The Morgan fingerprint density at radius 1 is 1.03 bits per heavy atom. The number of nitrogens with one attached hydrogen (secondary N) is 1. The number of aromatic nitrogens is 1. The van der Waals surface area contributed by atoms with Crippen molar-refractivity contribution in [2.45, 2.75) is 16.8 Å². The number of benzene rings is 2. The van der Waals surface area contributed by atoms with Crippen LogP contribution in [0, 0.1) is 0 Å². The number of sulfone groups is 1. The lowest BCUT2D eigenvalue weighted by Gasteiger charge is -2.07. The molecule has 2 aromatic carbocycles. The van der Waals surface area contributed by atoms with Gasteiger partial charge in [-0.3, -0.25) is 0 Å². The molecule has 0 saturated carbocycles. The van der Waals surface area contributed by atoms with E-state index in [4.69, 9.17) is 9.15 Å². The summed E-state index contributed by atoms with van der Waals surface area (Å²) < 4.78 is 37.6. The van der Waals surface area contributed by atoms with Crippen LogP contribution < -0.4 is 10.1 Å². The summed E-state index contributed by atoms with van der Waals surface area (Å²) in [6, 6.07) is 19.0. The quantitative estimate of drug-likeness (QED) is 0.427. The van der Waals surface area contributed by atoms with Crippen molar-refractivity contribution >= 4 is 32.7 Å². The number of ether oxygens (including phenoxy) is 1. The van der Waals surface area contributed by atoms with Gasteiger partial charge in [-0.25, -0.2) is 8.42 Å². The Labute approximate surface area is 172 Å². The molecule has 0 atom stereocenters. The maximum Gasteiger partial charge on any atom is 0.240 e. The van der Waals surface area contributed by atoms with Crippen LogP contribution in [0.5, 0.6) is 5.75 Å². The SMILES string of the molecule is CCOc1ccc(Nc2oc(-c3cccs3)nc2S(=O)(=O)c2ccccc2)cc1. The van der Waals surface area contributed by atoms with Gasteiger partial charge in [0.25, 0.3) is 0 Å². The van der Waals surface area contributed by atoms with Gasteiger partial charge in [0.1, 0.15) is 5.75 Å². The molecule has 148 valence electrons. The van der Waals surface area contributed by atoms with E-state index in [1.807, 2.05) is 24.4 Å². The third kappa shape index (κ3) is 4.03. The van der Waals surface area contributed by atoms with Crippen LogP contribution in [0.15, 0.2) is 86.4 Å². The molecule has 0 saturated heterocycles. The second kappa shape index (κ2) is 8.10. The average Bonchev–Trinajstić information content (AvgIpc) is 3.40. The number of oxazole rings is 1. The Morgan fingerprint density at radius 3 is 2.45 bits per heavy atom. The van der Waals surface area contributed by atoms with Gasteiger partial charge in [-0.2, -0.15) is 4.98 Å². The maximum absolute atomic E-state index is 13.2. The van der Waals surface area contributed by atoms with Crippen molar-refractivity contribution in [2.75, 3.05) is 11.9 Å². The largest absolute Gasteiger partial charge is 0.494 e. The molecule has 4 aromatic rings. The van der Waals surface area contributed by atoms with E-state index in [0.717, 1.165) is 10.6 Å². The smallest absolute Gasteiger partial charge is 0.240 e. The van der Waals surface area contributed by atoms with Crippen LogP contribution in [0.1, 0.15) is 6.92 Å². The summed E-state index contributed by atoms with van der Waals surface area (Å²) in [5, 5.41) is 4.77. The predicted molar refractivity (Wildman–Crippen MR) is 113 cm³/mol. The normalized spacial score (nSPS) is 11.3. The highest BCUT2D eigenvalue weighted by atomic mass is 32.2. The van der Waals surface area contributed by atoms with E-state index < -0.39 is 9.84 Å². The Hall–Kier alpha value is -3.10. The van der Waals surface area contributed by atoms with E-state index in [9.17, 15) is 8.42 Å². The van der Waals surface area contributed by atoms with Gasteiger partial charge in [0.15, 0.2) is 0 Å². The fraction of sp³-hybridized carbons (Fsp3) is 0.0952. The first-order chi connectivity index (χ1) is 14.1. The lowest BCUT2D eigenvalue weighted by molar-refractivity contribution is 0.340. The van der Waals surface area contributed by atoms with E-state index in [1.54, 1.807) is 42.5 Å². The van der Waals surface area contributed by atoms with Crippen molar-refractivity contribution in [2.24, 2.45) is 0 Å². The highest BCUT2D eigenvalue weighted by Gasteiger charge is 2.28. The molecular weight excluding hydrogens is 408 g/mol. The number of thiophene rings is 1. The number of hydrogen-bond donors (Lipinski definition) is 1. The van der Waals surface area contributed by atoms with Gasteiger partial charge in [-0.05, 0) is 54.8 Å². The minimum absolute atomic E-state index is 0.0708. The van der Waals surface area contributed by atoms with Crippen molar-refractivity contribution in [1.82, 2.24) is 4.98 Å². The topological polar surface area (TPSA) is 81.4 Å². The first-order valence-electron chi connectivity index (χ1n) is 8.92. The Balaban J connectivity index is 1.76. The van der Waals surface area contributed by atoms with Crippen LogP contribution in [0.25, 0.3) is 10.8 Å². The molecule has 0 aliphatic rings. The fourth-order valence-corrected chi connectivity index (χ4v) is 4.64. The van der Waals surface area contributed by atoms with Gasteiger partial charge < -0.3 is 14.5 Å². The van der Waals surface area contributed by atoms with Crippen molar-refractivity contribution in [1.29, 1.82) is 0 Å². The summed E-state index contributed by atoms with van der Waals surface area (Å²) in [4.78, 5) is 5.21. The molecule has 0 amide bonds. The zero-order valence-electron chi connectivity index (χ0n) is 15.5. The van der Waals surface area contributed by atoms with Crippen molar-refractivity contribution in [3.8, 4) is 16.5 Å². The minimum Gasteiger partial charge on any atom is -0.494 e. The second-order valence-corrected chi connectivity index (χ2v) is 8.84. The van der Waals surface area contributed by atoms with Crippen LogP contribution in [-0.4, -0.2) is 20.0 Å². The molecule has 0 fully saturated rings. The molecule has 2 heterocycles. The second-order valence-electron chi connectivity index (χ2n) is 6.03. The van der Waals surface area contributed by atoms with Crippen LogP contribution in [0.2, 0.25) is 0 Å². The molecule has 1 N–H and O–H groups in total. The maximum atomic E-state index is 13.2. The van der Waals surface area contributed by atoms with E-state index in [-0.39, 0.29) is 21.7 Å². The molecule has 0 radical (unpaired) electrons. The number of rotatable bonds is 7. The summed E-state index contributed by atoms with van der Waals surface area (Å²) in [6.07, 6.45) is 0. The molecule has 6 nitrogen and oxygen atoms in total. The molecule has 0 aliphatic heterocycles. The Bertz CT molecular complexity index is 1180. The Kier molecular flexibility index (Phi) is 5.37. The summed E-state index contributed by atoms with van der Waals surface area (Å²) >= 11 is 1.42. The van der Waals surface area contributed by atoms with Crippen LogP contribution in [-0.2, 0) is 9.84 Å². The Morgan fingerprint density at radius 2 is 1.79 bits per heavy atom. The standard InChI is InChI=1S/C21H18N2O4S2/c1-2-26-16-12-10-15(11-13-16)22-20-21(23-19(27-20)18-9-6-14-28-18)29(24,25)17-7-4-3-5-8-17/h3-14,22H,2H2,1H3. The molecule has 29 heavy (non-hydrogen) atoms. The van der Waals surface area contributed by atoms with Crippen molar-refractivity contribution in [3.63, 3.8) is 0 Å². The predicted octanol–water partition coefficient (Wildman–Crippen LogP) is 5.38. The lowest BCUT2D eigenvalue weighted by atomic mass is 10.3. The first-order valence-corrected chi connectivity index (χ1v) is 11.3. The van der Waals surface area contributed by atoms with Crippen LogP contribution in [0.3, 0.4) is 0 Å².